The van der Waals surface area contributed by atoms with E-state index in [9.17, 15) is 9.90 Å². The highest BCUT2D eigenvalue weighted by Crippen LogP contribution is 2.25. The molecule has 100 valence electrons. The monoisotopic (exact) mass is 266 g/mol. The van der Waals surface area contributed by atoms with Crippen LogP contribution < -0.4 is 0 Å². The fourth-order valence-electron chi connectivity index (χ4n) is 2.24. The van der Waals surface area contributed by atoms with Crippen LogP contribution in [0.1, 0.15) is 28.6 Å². The highest BCUT2D eigenvalue weighted by molar-refractivity contribution is 6.15. The van der Waals surface area contributed by atoms with E-state index in [1.807, 2.05) is 25.1 Å². The van der Waals surface area contributed by atoms with Gasteiger partial charge in [0.15, 0.2) is 5.78 Å². The SMILES string of the molecule is CCc1cc2cccc(C(=O)c3ccc(O)cc3)c2o1. The molecule has 3 nitrogen and oxygen atoms in total. The molecule has 0 atom stereocenters. The molecular weight excluding hydrogens is 252 g/mol. The molecule has 0 saturated carbocycles. The summed E-state index contributed by atoms with van der Waals surface area (Å²) in [6.45, 7) is 2.01. The number of phenolic OH excluding ortho intramolecular Hbond substituents is 1. The van der Waals surface area contributed by atoms with Crippen LogP contribution in [0.2, 0.25) is 0 Å². The Balaban J connectivity index is 2.11. The fourth-order valence-corrected chi connectivity index (χ4v) is 2.24. The summed E-state index contributed by atoms with van der Waals surface area (Å²) < 4.78 is 5.74. The zero-order valence-corrected chi connectivity index (χ0v) is 11.1. The first-order valence-electron chi connectivity index (χ1n) is 6.54. The maximum absolute atomic E-state index is 12.5. The number of furan rings is 1. The molecule has 0 fully saturated rings. The van der Waals surface area contributed by atoms with Crippen molar-refractivity contribution in [3.8, 4) is 5.75 Å². The second-order valence-corrected chi connectivity index (χ2v) is 4.67. The Bertz CT molecular complexity index is 767. The minimum absolute atomic E-state index is 0.104. The minimum Gasteiger partial charge on any atom is -0.508 e. The van der Waals surface area contributed by atoms with Crippen LogP contribution in [0.4, 0.5) is 0 Å². The number of hydrogen-bond donors (Lipinski definition) is 1. The Morgan fingerprint density at radius 3 is 2.60 bits per heavy atom. The Kier molecular flexibility index (Phi) is 3.03. The largest absolute Gasteiger partial charge is 0.508 e. The van der Waals surface area contributed by atoms with Crippen LogP contribution in [0.5, 0.6) is 5.75 Å². The second-order valence-electron chi connectivity index (χ2n) is 4.67. The van der Waals surface area contributed by atoms with Crippen LogP contribution in [0, 0.1) is 0 Å². The van der Waals surface area contributed by atoms with E-state index in [0.717, 1.165) is 17.6 Å². The number of carbonyl (C=O) groups excluding carboxylic acids is 1. The molecule has 0 amide bonds. The maximum Gasteiger partial charge on any atom is 0.196 e. The predicted octanol–water partition coefficient (Wildman–Crippen LogP) is 3.93. The molecule has 0 unspecified atom stereocenters. The van der Waals surface area contributed by atoms with Crippen LogP contribution in [-0.4, -0.2) is 10.9 Å². The lowest BCUT2D eigenvalue weighted by molar-refractivity contribution is 0.103. The Hall–Kier alpha value is -2.55. The third-order valence-corrected chi connectivity index (χ3v) is 3.32. The quantitative estimate of drug-likeness (QED) is 0.731. The van der Waals surface area contributed by atoms with E-state index in [-0.39, 0.29) is 11.5 Å². The smallest absolute Gasteiger partial charge is 0.196 e. The fraction of sp³-hybridized carbons (Fsp3) is 0.118. The topological polar surface area (TPSA) is 50.4 Å². The summed E-state index contributed by atoms with van der Waals surface area (Å²) in [5.41, 5.74) is 1.71. The van der Waals surface area contributed by atoms with E-state index >= 15 is 0 Å². The molecule has 1 aromatic heterocycles. The maximum atomic E-state index is 12.5. The number of hydrogen-bond acceptors (Lipinski definition) is 3. The van der Waals surface area contributed by atoms with Crippen LogP contribution >= 0.6 is 0 Å². The lowest BCUT2D eigenvalue weighted by Gasteiger charge is -2.02. The first kappa shape index (κ1) is 12.5. The molecule has 3 aromatic rings. The molecule has 3 rings (SSSR count). The first-order chi connectivity index (χ1) is 9.69. The average molecular weight is 266 g/mol. The summed E-state index contributed by atoms with van der Waals surface area (Å²) in [5, 5.41) is 10.2. The van der Waals surface area contributed by atoms with Crippen molar-refractivity contribution in [1.82, 2.24) is 0 Å². The van der Waals surface area contributed by atoms with Crippen molar-refractivity contribution in [2.45, 2.75) is 13.3 Å². The summed E-state index contributed by atoms with van der Waals surface area (Å²) in [6, 6.07) is 13.8. The standard InChI is InChI=1S/C17H14O3/c1-2-14-10-12-4-3-5-15(17(12)20-14)16(19)11-6-8-13(18)9-7-11/h3-10,18H,2H2,1H3. The third kappa shape index (κ3) is 2.07. The molecule has 20 heavy (non-hydrogen) atoms. The molecule has 0 radical (unpaired) electrons. The number of ketones is 1. The molecule has 0 aliphatic heterocycles. The third-order valence-electron chi connectivity index (χ3n) is 3.32. The van der Waals surface area contributed by atoms with Crippen molar-refractivity contribution < 1.29 is 14.3 Å². The van der Waals surface area contributed by atoms with Crippen molar-refractivity contribution in [2.75, 3.05) is 0 Å². The van der Waals surface area contributed by atoms with Crippen LogP contribution in [0.3, 0.4) is 0 Å². The summed E-state index contributed by atoms with van der Waals surface area (Å²) in [7, 11) is 0. The number of fused-ring (bicyclic) bond motifs is 1. The van der Waals surface area contributed by atoms with Gasteiger partial charge >= 0.3 is 0 Å². The van der Waals surface area contributed by atoms with Crippen LogP contribution in [0.15, 0.2) is 52.9 Å². The van der Waals surface area contributed by atoms with Gasteiger partial charge in [-0.3, -0.25) is 4.79 Å². The van der Waals surface area contributed by atoms with Crippen molar-refractivity contribution in [3.63, 3.8) is 0 Å². The summed E-state index contributed by atoms with van der Waals surface area (Å²) in [4.78, 5) is 12.5. The molecule has 3 heteroatoms. The predicted molar refractivity (Wildman–Crippen MR) is 77.1 cm³/mol. The van der Waals surface area contributed by atoms with Crippen molar-refractivity contribution >= 4 is 16.8 Å². The van der Waals surface area contributed by atoms with Crippen LogP contribution in [0.25, 0.3) is 11.0 Å². The Labute approximate surface area is 116 Å². The number of para-hydroxylation sites is 1. The molecule has 0 spiro atoms. The molecular formula is C17H14O3. The molecule has 1 N–H and O–H groups in total. The van der Waals surface area contributed by atoms with Gasteiger partial charge in [0.1, 0.15) is 17.1 Å². The van der Waals surface area contributed by atoms with E-state index < -0.39 is 0 Å². The van der Waals surface area contributed by atoms with Crippen molar-refractivity contribution in [2.24, 2.45) is 0 Å². The molecule has 2 aromatic carbocycles. The average Bonchev–Trinajstić information content (AvgIpc) is 2.90. The van der Waals surface area contributed by atoms with E-state index in [2.05, 4.69) is 0 Å². The normalized spacial score (nSPS) is 10.8. The summed E-state index contributed by atoms with van der Waals surface area (Å²) in [6.07, 6.45) is 0.793. The summed E-state index contributed by atoms with van der Waals surface area (Å²) >= 11 is 0. The number of rotatable bonds is 3. The highest BCUT2D eigenvalue weighted by Gasteiger charge is 2.15. The Morgan fingerprint density at radius 1 is 1.15 bits per heavy atom. The molecule has 0 saturated heterocycles. The van der Waals surface area contributed by atoms with Gasteiger partial charge in [0.25, 0.3) is 0 Å². The van der Waals surface area contributed by atoms with Crippen molar-refractivity contribution in [1.29, 1.82) is 0 Å². The van der Waals surface area contributed by atoms with Gasteiger partial charge in [-0.15, -0.1) is 0 Å². The number of benzene rings is 2. The highest BCUT2D eigenvalue weighted by atomic mass is 16.3. The zero-order valence-electron chi connectivity index (χ0n) is 11.1. The number of phenols is 1. The minimum atomic E-state index is -0.104. The van der Waals surface area contributed by atoms with E-state index in [0.29, 0.717) is 16.7 Å². The van der Waals surface area contributed by atoms with E-state index in [4.69, 9.17) is 4.42 Å². The zero-order chi connectivity index (χ0) is 14.1. The van der Waals surface area contributed by atoms with Gasteiger partial charge in [0.05, 0.1) is 5.56 Å². The molecule has 0 aliphatic rings. The second kappa shape index (κ2) is 4.85. The van der Waals surface area contributed by atoms with Crippen molar-refractivity contribution in [3.05, 3.63) is 65.4 Å². The van der Waals surface area contributed by atoms with Gasteiger partial charge in [-0.05, 0) is 36.4 Å². The summed E-state index contributed by atoms with van der Waals surface area (Å²) in [5.74, 6) is 0.907. The van der Waals surface area contributed by atoms with Gasteiger partial charge in [-0.25, -0.2) is 0 Å². The first-order valence-corrected chi connectivity index (χ1v) is 6.54. The molecule has 1 heterocycles. The number of aromatic hydroxyl groups is 1. The van der Waals surface area contributed by atoms with Crippen LogP contribution in [-0.2, 0) is 6.42 Å². The lowest BCUT2D eigenvalue weighted by atomic mass is 10.0. The van der Waals surface area contributed by atoms with Gasteiger partial charge in [-0.1, -0.05) is 19.1 Å². The number of carbonyl (C=O) groups is 1. The lowest BCUT2D eigenvalue weighted by Crippen LogP contribution is -2.01. The van der Waals surface area contributed by atoms with E-state index in [1.165, 1.54) is 12.1 Å². The van der Waals surface area contributed by atoms with Gasteiger partial charge in [-0.2, -0.15) is 0 Å². The number of aryl methyl sites for hydroxylation is 1. The van der Waals surface area contributed by atoms with Gasteiger partial charge in [0.2, 0.25) is 0 Å². The Morgan fingerprint density at radius 2 is 1.90 bits per heavy atom. The van der Waals surface area contributed by atoms with Gasteiger partial charge in [0, 0.05) is 17.4 Å². The van der Waals surface area contributed by atoms with Gasteiger partial charge < -0.3 is 9.52 Å². The molecule has 0 aliphatic carbocycles. The molecule has 0 bridgehead atoms. The van der Waals surface area contributed by atoms with E-state index in [1.54, 1.807) is 18.2 Å².